The van der Waals surface area contributed by atoms with Crippen LogP contribution in [0.4, 0.5) is 0 Å². The van der Waals surface area contributed by atoms with Gasteiger partial charge in [0.05, 0.1) is 25.2 Å². The Kier molecular flexibility index (Phi) is 42.0. The van der Waals surface area contributed by atoms with Crippen molar-refractivity contribution in [2.75, 3.05) is 6.61 Å². The number of hydrogen-bond acceptors (Lipinski definition) is 5. The lowest BCUT2D eigenvalue weighted by molar-refractivity contribution is -0.150. The minimum atomic E-state index is -0.834. The van der Waals surface area contributed by atoms with E-state index in [0.717, 1.165) is 51.4 Å². The molecule has 0 heterocycles. The highest BCUT2D eigenvalue weighted by Gasteiger charge is 2.23. The first-order valence-electron chi connectivity index (χ1n) is 23.1. The molecular weight excluding hydrogens is 731 g/mol. The van der Waals surface area contributed by atoms with Gasteiger partial charge in [0.25, 0.3) is 0 Å². The van der Waals surface area contributed by atoms with Crippen LogP contribution in [-0.2, 0) is 14.3 Å². The Bertz CT molecular complexity index is 1320. The first-order valence-corrected chi connectivity index (χ1v) is 23.1. The van der Waals surface area contributed by atoms with Crippen LogP contribution >= 0.6 is 0 Å². The minimum Gasteiger partial charge on any atom is -0.461 e. The summed E-state index contributed by atoms with van der Waals surface area (Å²) in [5.41, 5.74) is 0. The average Bonchev–Trinajstić information content (AvgIpc) is 3.23. The van der Waals surface area contributed by atoms with Crippen molar-refractivity contribution in [1.82, 2.24) is 5.32 Å². The van der Waals surface area contributed by atoms with Gasteiger partial charge in [-0.25, -0.2) is 0 Å². The van der Waals surface area contributed by atoms with E-state index in [1.807, 2.05) is 115 Å². The average molecular weight is 814 g/mol. The zero-order valence-corrected chi connectivity index (χ0v) is 37.3. The molecule has 3 atom stereocenters. The summed E-state index contributed by atoms with van der Waals surface area (Å²) in [7, 11) is 0. The molecule has 3 unspecified atom stereocenters. The third-order valence-electron chi connectivity index (χ3n) is 9.52. The van der Waals surface area contributed by atoms with Gasteiger partial charge in [-0.05, 0) is 38.5 Å². The smallest absolute Gasteiger partial charge is 0.306 e. The molecule has 0 aliphatic carbocycles. The number of carbonyl (C=O) groups excluding carboxylic acids is 2. The quantitative estimate of drug-likeness (QED) is 0.0328. The Hall–Kier alpha value is -4.00. The first-order chi connectivity index (χ1) is 29.0. The number of aliphatic hydroxyl groups excluding tert-OH is 2. The lowest BCUT2D eigenvalue weighted by atomic mass is 10.0. The summed E-state index contributed by atoms with van der Waals surface area (Å²) in [6.07, 6.45) is 63.8. The third-order valence-corrected chi connectivity index (χ3v) is 9.52. The molecule has 0 radical (unpaired) electrons. The van der Waals surface area contributed by atoms with Crippen molar-refractivity contribution in [3.05, 3.63) is 134 Å². The second-order valence-corrected chi connectivity index (χ2v) is 15.0. The van der Waals surface area contributed by atoms with Crippen molar-refractivity contribution in [2.45, 2.75) is 180 Å². The highest BCUT2D eigenvalue weighted by molar-refractivity contribution is 5.77. The number of ether oxygens (including phenoxy) is 1. The molecule has 6 nitrogen and oxygen atoms in total. The molecule has 0 aromatic rings. The van der Waals surface area contributed by atoms with Crippen molar-refractivity contribution in [2.24, 2.45) is 0 Å². The molecule has 0 aliphatic heterocycles. The molecule has 1 amide bonds. The van der Waals surface area contributed by atoms with Crippen molar-refractivity contribution in [3.63, 3.8) is 0 Å². The monoisotopic (exact) mass is 814 g/mol. The fourth-order valence-electron chi connectivity index (χ4n) is 6.07. The molecule has 330 valence electrons. The van der Waals surface area contributed by atoms with Crippen molar-refractivity contribution in [3.8, 4) is 0 Å². The minimum absolute atomic E-state index is 0.0466. The van der Waals surface area contributed by atoms with Gasteiger partial charge in [-0.2, -0.15) is 0 Å². The van der Waals surface area contributed by atoms with Crippen molar-refractivity contribution >= 4 is 11.9 Å². The van der Waals surface area contributed by atoms with Crippen LogP contribution in [0.25, 0.3) is 0 Å². The number of carbonyl (C=O) groups is 2. The highest BCUT2D eigenvalue weighted by Crippen LogP contribution is 2.15. The summed E-state index contributed by atoms with van der Waals surface area (Å²) in [5.74, 6) is -0.677. The summed E-state index contributed by atoms with van der Waals surface area (Å²) in [6.45, 7) is 6.11. The molecule has 3 N–H and O–H groups in total. The SMILES string of the molecule is CC\C=C/C=C/C=C/C=C\C=C\C=C\CCCCCC(=O)OC(C/C=C/C=C\C=C/C=C/C=C/CC)CC(=O)NC(CO)C(O)CCCCCCCCCCCCCC. The summed E-state index contributed by atoms with van der Waals surface area (Å²) >= 11 is 0. The Morgan fingerprint density at radius 1 is 0.525 bits per heavy atom. The van der Waals surface area contributed by atoms with E-state index in [9.17, 15) is 19.8 Å². The van der Waals surface area contributed by atoms with Crippen LogP contribution < -0.4 is 5.32 Å². The molecule has 0 spiro atoms. The van der Waals surface area contributed by atoms with Gasteiger partial charge in [0, 0.05) is 12.8 Å². The Morgan fingerprint density at radius 3 is 1.42 bits per heavy atom. The van der Waals surface area contributed by atoms with Gasteiger partial charge in [0.2, 0.25) is 5.91 Å². The second kappa shape index (κ2) is 45.1. The topological polar surface area (TPSA) is 95.9 Å². The summed E-state index contributed by atoms with van der Waals surface area (Å²) < 4.78 is 5.80. The number of hydrogen-bond donors (Lipinski definition) is 3. The van der Waals surface area contributed by atoms with E-state index in [4.69, 9.17) is 4.74 Å². The number of amides is 1. The second-order valence-electron chi connectivity index (χ2n) is 15.0. The Balaban J connectivity index is 4.83. The third kappa shape index (κ3) is 40.6. The molecule has 0 bridgehead atoms. The van der Waals surface area contributed by atoms with Gasteiger partial charge in [-0.3, -0.25) is 9.59 Å². The fourth-order valence-corrected chi connectivity index (χ4v) is 6.07. The fraction of sp³-hybridized carbons (Fsp3) is 0.547. The molecule has 0 rings (SSSR count). The van der Waals surface area contributed by atoms with Gasteiger partial charge >= 0.3 is 5.97 Å². The molecule has 6 heteroatoms. The van der Waals surface area contributed by atoms with E-state index in [-0.39, 0.29) is 31.3 Å². The van der Waals surface area contributed by atoms with E-state index < -0.39 is 18.2 Å². The molecule has 59 heavy (non-hydrogen) atoms. The van der Waals surface area contributed by atoms with Gasteiger partial charge in [0.1, 0.15) is 6.10 Å². The highest BCUT2D eigenvalue weighted by atomic mass is 16.5. The first kappa shape index (κ1) is 55.0. The van der Waals surface area contributed by atoms with Crippen LogP contribution in [0.3, 0.4) is 0 Å². The summed E-state index contributed by atoms with van der Waals surface area (Å²) in [4.78, 5) is 25.9. The maximum atomic E-state index is 13.1. The van der Waals surface area contributed by atoms with E-state index in [1.54, 1.807) is 0 Å². The molecule has 0 saturated heterocycles. The maximum absolute atomic E-state index is 13.1. The van der Waals surface area contributed by atoms with Gasteiger partial charge in [-0.1, -0.05) is 238 Å². The zero-order chi connectivity index (χ0) is 43.1. The van der Waals surface area contributed by atoms with Crippen LogP contribution in [0.1, 0.15) is 162 Å². The van der Waals surface area contributed by atoms with E-state index in [1.165, 1.54) is 57.8 Å². The summed E-state index contributed by atoms with van der Waals surface area (Å²) in [6, 6.07) is -0.757. The number of nitrogens with one attached hydrogen (secondary N) is 1. The van der Waals surface area contributed by atoms with Gasteiger partial charge in [-0.15, -0.1) is 0 Å². The van der Waals surface area contributed by atoms with Crippen molar-refractivity contribution < 1.29 is 24.5 Å². The lowest BCUT2D eigenvalue weighted by Gasteiger charge is -2.24. The number of allylic oxidation sites excluding steroid dienone is 21. The van der Waals surface area contributed by atoms with Crippen LogP contribution in [0, 0.1) is 0 Å². The lowest BCUT2D eigenvalue weighted by Crippen LogP contribution is -2.46. The summed E-state index contributed by atoms with van der Waals surface area (Å²) in [5, 5.41) is 23.6. The Labute approximate surface area is 361 Å². The Morgan fingerprint density at radius 2 is 0.949 bits per heavy atom. The number of esters is 1. The number of unbranched alkanes of at least 4 members (excludes halogenated alkanes) is 14. The zero-order valence-electron chi connectivity index (χ0n) is 37.3. The van der Waals surface area contributed by atoms with E-state index in [0.29, 0.717) is 19.3 Å². The van der Waals surface area contributed by atoms with E-state index in [2.05, 4.69) is 44.3 Å². The van der Waals surface area contributed by atoms with Crippen LogP contribution in [-0.4, -0.2) is 46.9 Å². The maximum Gasteiger partial charge on any atom is 0.306 e. The number of rotatable bonds is 38. The molecular formula is C53H83NO5. The van der Waals surface area contributed by atoms with Gasteiger partial charge < -0.3 is 20.3 Å². The van der Waals surface area contributed by atoms with Crippen LogP contribution in [0.2, 0.25) is 0 Å². The normalized spacial score (nSPS) is 14.6. The largest absolute Gasteiger partial charge is 0.461 e. The van der Waals surface area contributed by atoms with Gasteiger partial charge in [0.15, 0.2) is 0 Å². The molecule has 0 aromatic carbocycles. The van der Waals surface area contributed by atoms with E-state index >= 15 is 0 Å². The molecule has 0 aromatic heterocycles. The molecule has 0 saturated carbocycles. The standard InChI is InChI=1S/C53H83NO5/c1-4-7-10-13-16-19-22-24-25-26-27-28-31-34-37-40-43-46-53(58)59-49(44-41-38-35-32-29-21-18-15-12-9-6-3)47-52(57)54-50(48-55)51(56)45-42-39-36-33-30-23-20-17-14-11-8-5-2/h7,9-10,12-13,15-16,18-19,21-22,24-29,31-32,35,38,41,49-51,55-56H,4-6,8,11,14,17,20,23,30,33-34,36-37,39-40,42-48H2,1-3H3,(H,54,57)/b10-7-,12-9+,16-13+,18-15+,22-19+,25-24-,27-26+,29-21-,31-28+,35-32-,41-38+. The van der Waals surface area contributed by atoms with Crippen LogP contribution in [0.15, 0.2) is 134 Å². The van der Waals surface area contributed by atoms with Crippen molar-refractivity contribution in [1.29, 1.82) is 0 Å². The number of aliphatic hydroxyl groups is 2. The van der Waals surface area contributed by atoms with Crippen LogP contribution in [0.5, 0.6) is 0 Å². The molecule has 0 fully saturated rings. The predicted molar refractivity (Wildman–Crippen MR) is 254 cm³/mol. The molecule has 0 aliphatic rings. The predicted octanol–water partition coefficient (Wildman–Crippen LogP) is 13.5.